The zero-order valence-corrected chi connectivity index (χ0v) is 11.7. The minimum Gasteiger partial charge on any atom is -0.367 e. The first-order valence-electron chi connectivity index (χ1n) is 6.64. The monoisotopic (exact) mass is 268 g/mol. The number of benzene rings is 2. The van der Waals surface area contributed by atoms with E-state index in [4.69, 9.17) is 5.26 Å². The summed E-state index contributed by atoms with van der Waals surface area (Å²) < 4.78 is 13.3. The zero-order valence-electron chi connectivity index (χ0n) is 11.7. The van der Waals surface area contributed by atoms with Crippen molar-refractivity contribution in [2.75, 3.05) is 11.4 Å². The van der Waals surface area contributed by atoms with Gasteiger partial charge in [0.2, 0.25) is 0 Å². The van der Waals surface area contributed by atoms with Crippen molar-refractivity contribution in [2.45, 2.75) is 20.4 Å². The van der Waals surface area contributed by atoms with Crippen LogP contribution in [0.2, 0.25) is 0 Å². The van der Waals surface area contributed by atoms with Gasteiger partial charge in [0.15, 0.2) is 0 Å². The van der Waals surface area contributed by atoms with Gasteiger partial charge in [-0.2, -0.15) is 5.26 Å². The first-order chi connectivity index (χ1) is 9.63. The Hall–Kier alpha value is -2.34. The average Bonchev–Trinajstić information content (AvgIpc) is 2.46. The third kappa shape index (κ3) is 3.16. The molecule has 0 radical (unpaired) electrons. The summed E-state index contributed by atoms with van der Waals surface area (Å²) in [5.74, 6) is -0.463. The van der Waals surface area contributed by atoms with E-state index in [1.807, 2.05) is 12.1 Å². The Morgan fingerprint density at radius 1 is 1.20 bits per heavy atom. The Kier molecular flexibility index (Phi) is 4.37. The first-order valence-corrected chi connectivity index (χ1v) is 6.64. The summed E-state index contributed by atoms with van der Waals surface area (Å²) in [5.41, 5.74) is 3.38. The second kappa shape index (κ2) is 6.21. The highest BCUT2D eigenvalue weighted by molar-refractivity contribution is 5.49. The summed E-state index contributed by atoms with van der Waals surface area (Å²) in [4.78, 5) is 2.20. The third-order valence-corrected chi connectivity index (χ3v) is 3.27. The van der Waals surface area contributed by atoms with Crippen molar-refractivity contribution in [3.05, 3.63) is 65.0 Å². The van der Waals surface area contributed by atoms with Gasteiger partial charge in [-0.3, -0.25) is 0 Å². The van der Waals surface area contributed by atoms with Crippen molar-refractivity contribution in [2.24, 2.45) is 0 Å². The Morgan fingerprint density at radius 3 is 2.65 bits per heavy atom. The van der Waals surface area contributed by atoms with Crippen LogP contribution < -0.4 is 4.90 Å². The molecule has 2 aromatic rings. The molecule has 0 heterocycles. The van der Waals surface area contributed by atoms with Gasteiger partial charge in [0.1, 0.15) is 11.9 Å². The summed E-state index contributed by atoms with van der Waals surface area (Å²) in [6.45, 7) is 5.65. The van der Waals surface area contributed by atoms with E-state index >= 15 is 0 Å². The molecule has 102 valence electrons. The van der Waals surface area contributed by atoms with Crippen LogP contribution in [-0.2, 0) is 6.54 Å². The smallest absolute Gasteiger partial charge is 0.140 e. The molecule has 0 aliphatic carbocycles. The second-order valence-electron chi connectivity index (χ2n) is 4.78. The van der Waals surface area contributed by atoms with Gasteiger partial charge in [-0.05, 0) is 49.2 Å². The van der Waals surface area contributed by atoms with Crippen molar-refractivity contribution in [3.8, 4) is 6.07 Å². The molecule has 0 spiro atoms. The van der Waals surface area contributed by atoms with Gasteiger partial charge >= 0.3 is 0 Å². The van der Waals surface area contributed by atoms with E-state index in [-0.39, 0.29) is 5.56 Å². The van der Waals surface area contributed by atoms with Crippen LogP contribution in [-0.4, -0.2) is 6.54 Å². The molecule has 0 saturated carbocycles. The zero-order chi connectivity index (χ0) is 14.5. The standard InChI is InChI=1S/C17H17FN2/c1-3-20(16-6-4-5-13(2)9-16)12-14-7-8-17(18)15(10-14)11-19/h4-10H,3,12H2,1-2H3. The van der Waals surface area contributed by atoms with Gasteiger partial charge in [-0.1, -0.05) is 18.2 Å². The number of nitrogens with zero attached hydrogens (tertiary/aromatic N) is 2. The molecule has 2 nitrogen and oxygen atoms in total. The van der Waals surface area contributed by atoms with Crippen molar-refractivity contribution >= 4 is 5.69 Å². The normalized spacial score (nSPS) is 10.1. The van der Waals surface area contributed by atoms with Crippen LogP contribution in [0.15, 0.2) is 42.5 Å². The Balaban J connectivity index is 2.25. The topological polar surface area (TPSA) is 27.0 Å². The predicted octanol–water partition coefficient (Wildman–Crippen LogP) is 4.03. The van der Waals surface area contributed by atoms with E-state index in [9.17, 15) is 4.39 Å². The van der Waals surface area contributed by atoms with E-state index < -0.39 is 5.82 Å². The Labute approximate surface area is 119 Å². The number of halogens is 1. The lowest BCUT2D eigenvalue weighted by Gasteiger charge is -2.23. The van der Waals surface area contributed by atoms with Crippen LogP contribution in [0.4, 0.5) is 10.1 Å². The van der Waals surface area contributed by atoms with Crippen molar-refractivity contribution in [3.63, 3.8) is 0 Å². The van der Waals surface area contributed by atoms with Gasteiger partial charge in [-0.25, -0.2) is 4.39 Å². The fourth-order valence-corrected chi connectivity index (χ4v) is 2.19. The minimum atomic E-state index is -0.463. The number of nitriles is 1. The van der Waals surface area contributed by atoms with Crippen LogP contribution in [0.3, 0.4) is 0 Å². The maximum Gasteiger partial charge on any atom is 0.140 e. The highest BCUT2D eigenvalue weighted by Crippen LogP contribution is 2.19. The SMILES string of the molecule is CCN(Cc1ccc(F)c(C#N)c1)c1cccc(C)c1. The molecule has 0 N–H and O–H groups in total. The Bertz CT molecular complexity index is 644. The maximum atomic E-state index is 13.3. The van der Waals surface area contributed by atoms with E-state index in [0.717, 1.165) is 17.8 Å². The lowest BCUT2D eigenvalue weighted by Crippen LogP contribution is -2.22. The van der Waals surface area contributed by atoms with Gasteiger partial charge < -0.3 is 4.90 Å². The fraction of sp³-hybridized carbons (Fsp3) is 0.235. The predicted molar refractivity (Wildman–Crippen MR) is 79.0 cm³/mol. The number of aryl methyl sites for hydroxylation is 1. The van der Waals surface area contributed by atoms with Crippen molar-refractivity contribution in [1.29, 1.82) is 5.26 Å². The highest BCUT2D eigenvalue weighted by atomic mass is 19.1. The quantitative estimate of drug-likeness (QED) is 0.837. The van der Waals surface area contributed by atoms with Crippen LogP contribution in [0.1, 0.15) is 23.6 Å². The first kappa shape index (κ1) is 14.1. The molecule has 0 atom stereocenters. The van der Waals surface area contributed by atoms with Crippen molar-refractivity contribution < 1.29 is 4.39 Å². The average molecular weight is 268 g/mol. The molecule has 0 aliphatic rings. The van der Waals surface area contributed by atoms with E-state index in [1.165, 1.54) is 11.6 Å². The molecule has 2 rings (SSSR count). The molecule has 0 fully saturated rings. The molecule has 0 amide bonds. The van der Waals surface area contributed by atoms with Crippen molar-refractivity contribution in [1.82, 2.24) is 0 Å². The molecule has 3 heteroatoms. The van der Waals surface area contributed by atoms with Gasteiger partial charge in [0.25, 0.3) is 0 Å². The number of rotatable bonds is 4. The molecule has 2 aromatic carbocycles. The van der Waals surface area contributed by atoms with E-state index in [0.29, 0.717) is 6.54 Å². The lowest BCUT2D eigenvalue weighted by molar-refractivity contribution is 0.622. The molecule has 0 aromatic heterocycles. The van der Waals surface area contributed by atoms with Crippen LogP contribution in [0, 0.1) is 24.1 Å². The summed E-state index contributed by atoms with van der Waals surface area (Å²) in [6, 6.07) is 14.9. The van der Waals surface area contributed by atoms with Gasteiger partial charge in [0, 0.05) is 18.8 Å². The lowest BCUT2D eigenvalue weighted by atomic mass is 10.1. The van der Waals surface area contributed by atoms with Gasteiger partial charge in [0.05, 0.1) is 5.56 Å². The van der Waals surface area contributed by atoms with Crippen LogP contribution in [0.25, 0.3) is 0 Å². The second-order valence-corrected chi connectivity index (χ2v) is 4.78. The summed E-state index contributed by atoms with van der Waals surface area (Å²) >= 11 is 0. The fourth-order valence-electron chi connectivity index (χ4n) is 2.19. The number of anilines is 1. The minimum absolute atomic E-state index is 0.0998. The van der Waals surface area contributed by atoms with E-state index in [1.54, 1.807) is 12.1 Å². The molecule has 0 saturated heterocycles. The Morgan fingerprint density at radius 2 is 2.00 bits per heavy atom. The molecule has 0 bridgehead atoms. The van der Waals surface area contributed by atoms with Gasteiger partial charge in [-0.15, -0.1) is 0 Å². The number of hydrogen-bond acceptors (Lipinski definition) is 2. The summed E-state index contributed by atoms with van der Waals surface area (Å²) in [5, 5.41) is 8.88. The third-order valence-electron chi connectivity index (χ3n) is 3.27. The number of hydrogen-bond donors (Lipinski definition) is 0. The van der Waals surface area contributed by atoms with E-state index in [2.05, 4.69) is 36.9 Å². The molecule has 20 heavy (non-hydrogen) atoms. The summed E-state index contributed by atoms with van der Waals surface area (Å²) in [7, 11) is 0. The summed E-state index contributed by atoms with van der Waals surface area (Å²) in [6.07, 6.45) is 0. The maximum absolute atomic E-state index is 13.3. The molecular weight excluding hydrogens is 251 g/mol. The molecular formula is C17H17FN2. The van der Waals surface area contributed by atoms with Crippen LogP contribution in [0.5, 0.6) is 0 Å². The molecule has 0 aliphatic heterocycles. The van der Waals surface area contributed by atoms with Crippen LogP contribution >= 0.6 is 0 Å². The molecule has 0 unspecified atom stereocenters. The highest BCUT2D eigenvalue weighted by Gasteiger charge is 2.08. The largest absolute Gasteiger partial charge is 0.367 e.